The molecule has 1 aromatic heterocycles. The van der Waals surface area contributed by atoms with E-state index in [0.29, 0.717) is 23.0 Å². The maximum Gasteiger partial charge on any atom is 0.326 e. The van der Waals surface area contributed by atoms with E-state index in [1.54, 1.807) is 12.1 Å². The van der Waals surface area contributed by atoms with Crippen LogP contribution in [0.4, 0.5) is 0 Å². The first-order valence-corrected chi connectivity index (χ1v) is 5.99. The highest BCUT2D eigenvalue weighted by Gasteiger charge is 2.19. The van der Waals surface area contributed by atoms with E-state index < -0.39 is 17.9 Å². The second kappa shape index (κ2) is 6.34. The highest BCUT2D eigenvalue weighted by Crippen LogP contribution is 2.07. The molecule has 1 rings (SSSR count). The van der Waals surface area contributed by atoms with Crippen LogP contribution < -0.4 is 5.32 Å². The third-order valence-electron chi connectivity index (χ3n) is 2.17. The Balaban J connectivity index is 2.70. The normalized spacial score (nSPS) is 11.9. The smallest absolute Gasteiger partial charge is 0.326 e. The van der Waals surface area contributed by atoms with Gasteiger partial charge in [0.1, 0.15) is 10.6 Å². The minimum absolute atomic E-state index is 0.343. The number of pyridine rings is 1. The van der Waals surface area contributed by atoms with Gasteiger partial charge in [-0.1, -0.05) is 13.3 Å². The summed E-state index contributed by atoms with van der Waals surface area (Å²) in [4.78, 5) is 26.5. The van der Waals surface area contributed by atoms with Gasteiger partial charge in [-0.3, -0.25) is 4.79 Å². The van der Waals surface area contributed by atoms with Gasteiger partial charge >= 0.3 is 5.97 Å². The maximum atomic E-state index is 11.7. The second-order valence-corrected chi connectivity index (χ2v) is 4.34. The fourth-order valence-corrected chi connectivity index (χ4v) is 1.53. The molecule has 17 heavy (non-hydrogen) atoms. The average Bonchev–Trinajstić information content (AvgIpc) is 2.29. The number of amides is 1. The van der Waals surface area contributed by atoms with Gasteiger partial charge in [-0.05, 0) is 34.5 Å². The SMILES string of the molecule is CCC[C@H](NC(=O)c1ccc(Br)nc1)C(=O)O. The zero-order valence-corrected chi connectivity index (χ0v) is 10.9. The molecule has 1 heterocycles. The van der Waals surface area contributed by atoms with Gasteiger partial charge in [0, 0.05) is 6.20 Å². The van der Waals surface area contributed by atoms with E-state index in [1.165, 1.54) is 6.20 Å². The van der Waals surface area contributed by atoms with Gasteiger partial charge in [0.2, 0.25) is 0 Å². The Morgan fingerprint density at radius 1 is 1.53 bits per heavy atom. The van der Waals surface area contributed by atoms with Crippen molar-refractivity contribution in [3.05, 3.63) is 28.5 Å². The van der Waals surface area contributed by atoms with Crippen molar-refractivity contribution >= 4 is 27.8 Å². The molecule has 6 heteroatoms. The molecule has 0 radical (unpaired) electrons. The Labute approximate surface area is 107 Å². The number of halogens is 1. The van der Waals surface area contributed by atoms with Crippen molar-refractivity contribution in [2.75, 3.05) is 0 Å². The number of nitrogens with one attached hydrogen (secondary N) is 1. The van der Waals surface area contributed by atoms with Gasteiger partial charge in [0.25, 0.3) is 5.91 Å². The quantitative estimate of drug-likeness (QED) is 0.813. The predicted octanol–water partition coefficient (Wildman–Crippen LogP) is 1.83. The summed E-state index contributed by atoms with van der Waals surface area (Å²) < 4.78 is 0.623. The van der Waals surface area contributed by atoms with Gasteiger partial charge in [-0.2, -0.15) is 0 Å². The van der Waals surface area contributed by atoms with Crippen molar-refractivity contribution in [3.63, 3.8) is 0 Å². The first-order chi connectivity index (χ1) is 8.04. The third-order valence-corrected chi connectivity index (χ3v) is 2.64. The lowest BCUT2D eigenvalue weighted by Crippen LogP contribution is -2.40. The number of carboxylic acid groups (broad SMARTS) is 1. The van der Waals surface area contributed by atoms with Gasteiger partial charge in [-0.25, -0.2) is 9.78 Å². The largest absolute Gasteiger partial charge is 0.480 e. The van der Waals surface area contributed by atoms with Crippen LogP contribution in [0.3, 0.4) is 0 Å². The first kappa shape index (κ1) is 13.6. The van der Waals surface area contributed by atoms with Gasteiger partial charge in [0.05, 0.1) is 5.56 Å². The monoisotopic (exact) mass is 300 g/mol. The number of aromatic nitrogens is 1. The van der Waals surface area contributed by atoms with E-state index in [1.807, 2.05) is 6.92 Å². The van der Waals surface area contributed by atoms with Crippen molar-refractivity contribution in [1.29, 1.82) is 0 Å². The van der Waals surface area contributed by atoms with Crippen molar-refractivity contribution < 1.29 is 14.7 Å². The molecule has 0 bridgehead atoms. The number of carbonyl (C=O) groups is 2. The van der Waals surface area contributed by atoms with E-state index in [2.05, 4.69) is 26.2 Å². The molecule has 1 amide bonds. The molecule has 0 saturated carbocycles. The van der Waals surface area contributed by atoms with Gasteiger partial charge in [0.15, 0.2) is 0 Å². The Morgan fingerprint density at radius 2 is 2.24 bits per heavy atom. The van der Waals surface area contributed by atoms with Crippen LogP contribution >= 0.6 is 15.9 Å². The average molecular weight is 301 g/mol. The Morgan fingerprint density at radius 3 is 2.71 bits per heavy atom. The summed E-state index contributed by atoms with van der Waals surface area (Å²) in [6, 6.07) is 2.36. The molecule has 0 aromatic carbocycles. The lowest BCUT2D eigenvalue weighted by Gasteiger charge is -2.13. The van der Waals surface area contributed by atoms with Gasteiger partial charge in [-0.15, -0.1) is 0 Å². The Hall–Kier alpha value is -1.43. The number of nitrogens with zero attached hydrogens (tertiary/aromatic N) is 1. The van der Waals surface area contributed by atoms with Crippen molar-refractivity contribution in [3.8, 4) is 0 Å². The summed E-state index contributed by atoms with van der Waals surface area (Å²) in [6.07, 6.45) is 2.49. The fourth-order valence-electron chi connectivity index (χ4n) is 1.30. The van der Waals surface area contributed by atoms with Crippen LogP contribution in [0.2, 0.25) is 0 Å². The fraction of sp³-hybridized carbons (Fsp3) is 0.364. The number of carboxylic acids is 1. The zero-order valence-electron chi connectivity index (χ0n) is 9.31. The molecule has 0 saturated heterocycles. The molecule has 1 aromatic rings. The number of rotatable bonds is 5. The van der Waals surface area contributed by atoms with E-state index in [4.69, 9.17) is 5.11 Å². The van der Waals surface area contributed by atoms with Crippen LogP contribution in [0.5, 0.6) is 0 Å². The van der Waals surface area contributed by atoms with Crippen LogP contribution in [-0.2, 0) is 4.79 Å². The lowest BCUT2D eigenvalue weighted by atomic mass is 10.1. The van der Waals surface area contributed by atoms with Crippen LogP contribution in [0.25, 0.3) is 0 Å². The number of hydrogen-bond acceptors (Lipinski definition) is 3. The Bertz CT molecular complexity index is 406. The Kier molecular flexibility index (Phi) is 5.09. The number of aliphatic carboxylic acids is 1. The topological polar surface area (TPSA) is 79.3 Å². The van der Waals surface area contributed by atoms with Crippen molar-refractivity contribution in [2.45, 2.75) is 25.8 Å². The second-order valence-electron chi connectivity index (χ2n) is 3.52. The molecular weight excluding hydrogens is 288 g/mol. The lowest BCUT2D eigenvalue weighted by molar-refractivity contribution is -0.139. The van der Waals surface area contributed by atoms with Crippen LogP contribution in [0.15, 0.2) is 22.9 Å². The summed E-state index contributed by atoms with van der Waals surface area (Å²) in [5.41, 5.74) is 0.343. The molecule has 92 valence electrons. The van der Waals surface area contributed by atoms with Crippen LogP contribution in [-0.4, -0.2) is 28.0 Å². The highest BCUT2D eigenvalue weighted by atomic mass is 79.9. The highest BCUT2D eigenvalue weighted by molar-refractivity contribution is 9.10. The van der Waals surface area contributed by atoms with Crippen LogP contribution in [0, 0.1) is 0 Å². The molecule has 5 nitrogen and oxygen atoms in total. The minimum Gasteiger partial charge on any atom is -0.480 e. The molecular formula is C11H13BrN2O3. The minimum atomic E-state index is -1.02. The molecule has 0 aliphatic rings. The number of carbonyl (C=O) groups excluding carboxylic acids is 1. The van der Waals surface area contributed by atoms with Crippen LogP contribution in [0.1, 0.15) is 30.1 Å². The number of hydrogen-bond donors (Lipinski definition) is 2. The molecule has 2 N–H and O–H groups in total. The van der Waals surface area contributed by atoms with E-state index in [0.717, 1.165) is 0 Å². The predicted molar refractivity (Wildman–Crippen MR) is 65.7 cm³/mol. The van der Waals surface area contributed by atoms with Crippen molar-refractivity contribution in [1.82, 2.24) is 10.3 Å². The molecule has 1 atom stereocenters. The summed E-state index contributed by atoms with van der Waals surface area (Å²) in [5, 5.41) is 11.4. The third kappa shape index (κ3) is 4.14. The summed E-state index contributed by atoms with van der Waals surface area (Å²) in [7, 11) is 0. The molecule has 0 spiro atoms. The molecule has 0 fully saturated rings. The van der Waals surface area contributed by atoms with E-state index in [9.17, 15) is 9.59 Å². The van der Waals surface area contributed by atoms with Gasteiger partial charge < -0.3 is 10.4 Å². The van der Waals surface area contributed by atoms with Crippen molar-refractivity contribution in [2.24, 2.45) is 0 Å². The van der Waals surface area contributed by atoms with E-state index >= 15 is 0 Å². The summed E-state index contributed by atoms with van der Waals surface area (Å²) in [5.74, 6) is -1.45. The summed E-state index contributed by atoms with van der Waals surface area (Å²) >= 11 is 3.16. The standard InChI is InChI=1S/C11H13BrN2O3/c1-2-3-8(11(16)17)14-10(15)7-4-5-9(12)13-6-7/h4-6,8H,2-3H2,1H3,(H,14,15)(H,16,17)/t8-/m0/s1. The maximum absolute atomic E-state index is 11.7. The molecule has 0 aliphatic carbocycles. The van der Waals surface area contributed by atoms with E-state index in [-0.39, 0.29) is 0 Å². The zero-order chi connectivity index (χ0) is 12.8. The molecule has 0 aliphatic heterocycles. The summed E-state index contributed by atoms with van der Waals surface area (Å²) in [6.45, 7) is 1.86. The molecule has 0 unspecified atom stereocenters. The first-order valence-electron chi connectivity index (χ1n) is 5.19.